The lowest BCUT2D eigenvalue weighted by Gasteiger charge is -2.21. The Hall–Kier alpha value is -2.10. The molecule has 0 aliphatic heterocycles. The van der Waals surface area contributed by atoms with Crippen molar-refractivity contribution >= 4 is 17.3 Å². The lowest BCUT2D eigenvalue weighted by molar-refractivity contribution is 0.960. The summed E-state index contributed by atoms with van der Waals surface area (Å²) >= 11 is 0. The van der Waals surface area contributed by atoms with Gasteiger partial charge in [-0.15, -0.1) is 0 Å². The summed E-state index contributed by atoms with van der Waals surface area (Å²) in [5.41, 5.74) is 3.66. The fourth-order valence-electron chi connectivity index (χ4n) is 2.16. The molecule has 0 atom stereocenters. The van der Waals surface area contributed by atoms with E-state index in [0.29, 0.717) is 0 Å². The molecule has 0 radical (unpaired) electrons. The molecule has 0 saturated heterocycles. The highest BCUT2D eigenvalue weighted by Crippen LogP contribution is 2.26. The molecular formula is C16H22N4. The minimum atomic E-state index is 0.820. The van der Waals surface area contributed by atoms with E-state index in [1.54, 1.807) is 12.4 Å². The molecule has 0 spiro atoms. The number of aryl methyl sites for hydroxylation is 2. The standard InChI is InChI=1S/C16H22N4/c1-5-8-18-15-10-17-11-16(19-15)20(4)14-7-6-12(2)9-13(14)3/h6-7,9-11H,5,8H2,1-4H3,(H,18,19). The number of benzene rings is 1. The maximum atomic E-state index is 4.60. The van der Waals surface area contributed by atoms with Gasteiger partial charge in [0, 0.05) is 19.3 Å². The Morgan fingerprint density at radius 2 is 2.00 bits per heavy atom. The van der Waals surface area contributed by atoms with Crippen molar-refractivity contribution < 1.29 is 0 Å². The molecular weight excluding hydrogens is 248 g/mol. The second kappa shape index (κ2) is 6.37. The highest BCUT2D eigenvalue weighted by Gasteiger charge is 2.09. The van der Waals surface area contributed by atoms with Gasteiger partial charge in [0.05, 0.1) is 12.4 Å². The van der Waals surface area contributed by atoms with Crippen molar-refractivity contribution in [1.29, 1.82) is 0 Å². The first-order chi connectivity index (χ1) is 9.61. The van der Waals surface area contributed by atoms with Gasteiger partial charge in [-0.3, -0.25) is 4.98 Å². The van der Waals surface area contributed by atoms with Gasteiger partial charge in [-0.05, 0) is 31.9 Å². The van der Waals surface area contributed by atoms with Crippen LogP contribution in [0.3, 0.4) is 0 Å². The van der Waals surface area contributed by atoms with Crippen LogP contribution in [0.5, 0.6) is 0 Å². The van der Waals surface area contributed by atoms with Crippen LogP contribution >= 0.6 is 0 Å². The van der Waals surface area contributed by atoms with Gasteiger partial charge in [-0.1, -0.05) is 24.6 Å². The Kier molecular flexibility index (Phi) is 4.56. The molecule has 0 bridgehead atoms. The molecule has 0 fully saturated rings. The Morgan fingerprint density at radius 3 is 2.70 bits per heavy atom. The molecule has 0 amide bonds. The second-order valence-corrected chi connectivity index (χ2v) is 5.04. The van der Waals surface area contributed by atoms with Crippen LogP contribution < -0.4 is 10.2 Å². The minimum absolute atomic E-state index is 0.820. The third-order valence-electron chi connectivity index (χ3n) is 3.24. The first-order valence-electron chi connectivity index (χ1n) is 6.98. The van der Waals surface area contributed by atoms with E-state index in [0.717, 1.165) is 30.3 Å². The van der Waals surface area contributed by atoms with E-state index < -0.39 is 0 Å². The van der Waals surface area contributed by atoms with E-state index in [2.05, 4.69) is 59.2 Å². The summed E-state index contributed by atoms with van der Waals surface area (Å²) in [6, 6.07) is 6.42. The largest absolute Gasteiger partial charge is 0.369 e. The van der Waals surface area contributed by atoms with Crippen molar-refractivity contribution in [2.45, 2.75) is 27.2 Å². The lowest BCUT2D eigenvalue weighted by atomic mass is 10.1. The van der Waals surface area contributed by atoms with Crippen LogP contribution in [0.2, 0.25) is 0 Å². The summed E-state index contributed by atoms with van der Waals surface area (Å²) in [5, 5.41) is 3.26. The molecule has 0 aliphatic carbocycles. The van der Waals surface area contributed by atoms with Gasteiger partial charge in [-0.2, -0.15) is 0 Å². The van der Waals surface area contributed by atoms with Crippen LogP contribution in [0.15, 0.2) is 30.6 Å². The SMILES string of the molecule is CCCNc1cncc(N(C)c2ccc(C)cc2C)n1. The number of aromatic nitrogens is 2. The average Bonchev–Trinajstić information content (AvgIpc) is 2.45. The van der Waals surface area contributed by atoms with E-state index in [9.17, 15) is 0 Å². The summed E-state index contributed by atoms with van der Waals surface area (Å²) in [7, 11) is 2.02. The molecule has 4 nitrogen and oxygen atoms in total. The zero-order valence-electron chi connectivity index (χ0n) is 12.6. The third-order valence-corrected chi connectivity index (χ3v) is 3.24. The van der Waals surface area contributed by atoms with Crippen LogP contribution in [-0.4, -0.2) is 23.6 Å². The van der Waals surface area contributed by atoms with Gasteiger partial charge in [0.2, 0.25) is 0 Å². The van der Waals surface area contributed by atoms with E-state index >= 15 is 0 Å². The monoisotopic (exact) mass is 270 g/mol. The summed E-state index contributed by atoms with van der Waals surface area (Å²) in [6.45, 7) is 7.26. The topological polar surface area (TPSA) is 41.1 Å². The molecule has 1 N–H and O–H groups in total. The Morgan fingerprint density at radius 1 is 1.20 bits per heavy atom. The van der Waals surface area contributed by atoms with Gasteiger partial charge < -0.3 is 10.2 Å². The van der Waals surface area contributed by atoms with E-state index in [1.807, 2.05) is 7.05 Å². The van der Waals surface area contributed by atoms with E-state index in [1.165, 1.54) is 11.1 Å². The van der Waals surface area contributed by atoms with E-state index in [-0.39, 0.29) is 0 Å². The molecule has 2 aromatic rings. The first kappa shape index (κ1) is 14.3. The third kappa shape index (κ3) is 3.26. The summed E-state index contributed by atoms with van der Waals surface area (Å²) < 4.78 is 0. The number of hydrogen-bond acceptors (Lipinski definition) is 4. The fourth-order valence-corrected chi connectivity index (χ4v) is 2.16. The Labute approximate surface area is 120 Å². The van der Waals surface area contributed by atoms with Gasteiger partial charge >= 0.3 is 0 Å². The fraction of sp³-hybridized carbons (Fsp3) is 0.375. The number of anilines is 3. The van der Waals surface area contributed by atoms with Crippen LogP contribution in [0.4, 0.5) is 17.3 Å². The molecule has 20 heavy (non-hydrogen) atoms. The van der Waals surface area contributed by atoms with Crippen LogP contribution in [0.25, 0.3) is 0 Å². The molecule has 2 rings (SSSR count). The van der Waals surface area contributed by atoms with Gasteiger partial charge in [0.25, 0.3) is 0 Å². The van der Waals surface area contributed by atoms with Crippen LogP contribution in [0, 0.1) is 13.8 Å². The maximum Gasteiger partial charge on any atom is 0.153 e. The number of rotatable bonds is 5. The van der Waals surface area contributed by atoms with Crippen molar-refractivity contribution in [1.82, 2.24) is 9.97 Å². The summed E-state index contributed by atoms with van der Waals surface area (Å²) in [5.74, 6) is 1.67. The predicted molar refractivity (Wildman–Crippen MR) is 84.8 cm³/mol. The normalized spacial score (nSPS) is 10.4. The van der Waals surface area contributed by atoms with Crippen LogP contribution in [0.1, 0.15) is 24.5 Å². The molecule has 106 valence electrons. The van der Waals surface area contributed by atoms with Crippen molar-refractivity contribution in [3.05, 3.63) is 41.7 Å². The maximum absolute atomic E-state index is 4.60. The number of hydrogen-bond donors (Lipinski definition) is 1. The number of nitrogens with one attached hydrogen (secondary N) is 1. The number of nitrogens with zero attached hydrogens (tertiary/aromatic N) is 3. The van der Waals surface area contributed by atoms with Gasteiger partial charge in [0.15, 0.2) is 5.82 Å². The van der Waals surface area contributed by atoms with Gasteiger partial charge in [-0.25, -0.2) is 4.98 Å². The van der Waals surface area contributed by atoms with Gasteiger partial charge in [0.1, 0.15) is 5.82 Å². The van der Waals surface area contributed by atoms with Crippen molar-refractivity contribution in [2.24, 2.45) is 0 Å². The van der Waals surface area contributed by atoms with Crippen molar-refractivity contribution in [2.75, 3.05) is 23.8 Å². The summed E-state index contributed by atoms with van der Waals surface area (Å²) in [6.07, 6.45) is 4.62. The van der Waals surface area contributed by atoms with Crippen molar-refractivity contribution in [3.8, 4) is 0 Å². The van der Waals surface area contributed by atoms with Crippen LogP contribution in [-0.2, 0) is 0 Å². The Bertz CT molecular complexity index is 580. The van der Waals surface area contributed by atoms with E-state index in [4.69, 9.17) is 0 Å². The molecule has 1 aromatic carbocycles. The summed E-state index contributed by atoms with van der Waals surface area (Å²) in [4.78, 5) is 10.9. The average molecular weight is 270 g/mol. The lowest BCUT2D eigenvalue weighted by Crippen LogP contribution is -2.14. The minimum Gasteiger partial charge on any atom is -0.369 e. The smallest absolute Gasteiger partial charge is 0.153 e. The predicted octanol–water partition coefficient (Wildman–Crippen LogP) is 3.68. The highest BCUT2D eigenvalue weighted by molar-refractivity contribution is 5.63. The quantitative estimate of drug-likeness (QED) is 0.899. The Balaban J connectivity index is 2.26. The highest BCUT2D eigenvalue weighted by atomic mass is 15.2. The molecule has 0 saturated carbocycles. The molecule has 1 aromatic heterocycles. The molecule has 0 aliphatic rings. The van der Waals surface area contributed by atoms with Crippen molar-refractivity contribution in [3.63, 3.8) is 0 Å². The zero-order valence-corrected chi connectivity index (χ0v) is 12.6. The molecule has 4 heteroatoms. The molecule has 1 heterocycles. The zero-order chi connectivity index (χ0) is 14.5. The second-order valence-electron chi connectivity index (χ2n) is 5.04. The first-order valence-corrected chi connectivity index (χ1v) is 6.98. The molecule has 0 unspecified atom stereocenters.